The van der Waals surface area contributed by atoms with Crippen molar-refractivity contribution >= 4 is 10.9 Å². The minimum atomic E-state index is 0.403. The van der Waals surface area contributed by atoms with E-state index in [2.05, 4.69) is 24.0 Å². The number of nitrogens with zero attached hydrogens (tertiary/aromatic N) is 1. The summed E-state index contributed by atoms with van der Waals surface area (Å²) in [4.78, 5) is 4.58. The van der Waals surface area contributed by atoms with Gasteiger partial charge < -0.3 is 10.5 Å². The molecule has 0 spiro atoms. The molecule has 3 aromatic rings. The summed E-state index contributed by atoms with van der Waals surface area (Å²) in [5.41, 5.74) is 8.93. The molecule has 0 bridgehead atoms. The number of pyridine rings is 1. The zero-order valence-corrected chi connectivity index (χ0v) is 12.0. The largest absolute Gasteiger partial charge is 0.439 e. The average Bonchev–Trinajstić information content (AvgIpc) is 2.55. The molecule has 2 aromatic carbocycles. The van der Waals surface area contributed by atoms with E-state index in [9.17, 15) is 0 Å². The summed E-state index contributed by atoms with van der Waals surface area (Å²) < 4.78 is 5.92. The molecule has 0 radical (unpaired) electrons. The lowest BCUT2D eigenvalue weighted by Gasteiger charge is -2.11. The van der Waals surface area contributed by atoms with Gasteiger partial charge in [-0.15, -0.1) is 0 Å². The van der Waals surface area contributed by atoms with E-state index in [1.807, 2.05) is 42.5 Å². The average molecular weight is 278 g/mol. The number of ether oxygens (including phenoxy) is 1. The smallest absolute Gasteiger partial charge is 0.224 e. The van der Waals surface area contributed by atoms with Crippen LogP contribution in [0.2, 0.25) is 0 Å². The third-order valence-corrected chi connectivity index (χ3v) is 3.53. The van der Waals surface area contributed by atoms with E-state index in [1.165, 1.54) is 5.56 Å². The van der Waals surface area contributed by atoms with E-state index in [4.69, 9.17) is 10.5 Å². The van der Waals surface area contributed by atoms with Gasteiger partial charge in [-0.25, -0.2) is 4.98 Å². The Kier molecular flexibility index (Phi) is 3.84. The second-order valence-corrected chi connectivity index (χ2v) is 4.95. The van der Waals surface area contributed by atoms with Gasteiger partial charge in [0.1, 0.15) is 5.75 Å². The predicted molar refractivity (Wildman–Crippen MR) is 85.5 cm³/mol. The van der Waals surface area contributed by atoms with Crippen LogP contribution in [0, 0.1) is 0 Å². The Morgan fingerprint density at radius 3 is 2.52 bits per heavy atom. The van der Waals surface area contributed by atoms with Crippen molar-refractivity contribution in [1.82, 2.24) is 4.98 Å². The summed E-state index contributed by atoms with van der Waals surface area (Å²) in [6.07, 6.45) is 1.02. The number of fused-ring (bicyclic) bond motifs is 1. The van der Waals surface area contributed by atoms with E-state index in [-0.39, 0.29) is 0 Å². The summed E-state index contributed by atoms with van der Waals surface area (Å²) in [7, 11) is 0. The Morgan fingerprint density at radius 2 is 1.81 bits per heavy atom. The Bertz CT molecular complexity index is 751. The molecule has 0 saturated carbocycles. The van der Waals surface area contributed by atoms with E-state index in [1.54, 1.807) is 0 Å². The van der Waals surface area contributed by atoms with Crippen molar-refractivity contribution in [2.24, 2.45) is 5.73 Å². The van der Waals surface area contributed by atoms with Gasteiger partial charge in [0.05, 0.1) is 5.52 Å². The van der Waals surface area contributed by atoms with Crippen molar-refractivity contribution in [2.75, 3.05) is 0 Å². The Balaban J connectivity index is 1.97. The molecule has 1 aromatic heterocycles. The standard InChI is InChI=1S/C18H18N2O/c1-2-13-7-9-16(10-8-13)21-18-15(12-19)11-14-5-3-4-6-17(14)20-18/h3-11H,2,12,19H2,1H3. The molecule has 0 aliphatic carbocycles. The van der Waals surface area contributed by atoms with Gasteiger partial charge in [-0.05, 0) is 36.2 Å². The number of para-hydroxylation sites is 1. The van der Waals surface area contributed by atoms with Crippen LogP contribution in [0.3, 0.4) is 0 Å². The first-order valence-electron chi connectivity index (χ1n) is 7.15. The highest BCUT2D eigenvalue weighted by Gasteiger charge is 2.08. The lowest BCUT2D eigenvalue weighted by atomic mass is 10.1. The van der Waals surface area contributed by atoms with Gasteiger partial charge in [0.2, 0.25) is 5.88 Å². The minimum Gasteiger partial charge on any atom is -0.439 e. The van der Waals surface area contributed by atoms with E-state index in [0.717, 1.165) is 28.6 Å². The fraction of sp³-hybridized carbons (Fsp3) is 0.167. The van der Waals surface area contributed by atoms with Gasteiger partial charge in [0.25, 0.3) is 0 Å². The van der Waals surface area contributed by atoms with E-state index in [0.29, 0.717) is 12.4 Å². The molecule has 0 atom stereocenters. The molecule has 0 aliphatic heterocycles. The highest BCUT2D eigenvalue weighted by Crippen LogP contribution is 2.27. The van der Waals surface area contributed by atoms with Gasteiger partial charge in [-0.2, -0.15) is 0 Å². The maximum Gasteiger partial charge on any atom is 0.224 e. The van der Waals surface area contributed by atoms with Gasteiger partial charge in [-0.3, -0.25) is 0 Å². The number of hydrogen-bond acceptors (Lipinski definition) is 3. The number of benzene rings is 2. The first kappa shape index (κ1) is 13.6. The van der Waals surface area contributed by atoms with Crippen molar-refractivity contribution in [2.45, 2.75) is 19.9 Å². The van der Waals surface area contributed by atoms with Crippen LogP contribution in [-0.2, 0) is 13.0 Å². The van der Waals surface area contributed by atoms with Crippen LogP contribution < -0.4 is 10.5 Å². The van der Waals surface area contributed by atoms with E-state index < -0.39 is 0 Å². The summed E-state index contributed by atoms with van der Waals surface area (Å²) in [6, 6.07) is 18.1. The van der Waals surface area contributed by atoms with Crippen molar-refractivity contribution in [3.8, 4) is 11.6 Å². The van der Waals surface area contributed by atoms with E-state index >= 15 is 0 Å². The quantitative estimate of drug-likeness (QED) is 0.783. The van der Waals surface area contributed by atoms with Gasteiger partial charge in [0.15, 0.2) is 0 Å². The minimum absolute atomic E-state index is 0.403. The maximum absolute atomic E-state index is 5.92. The SMILES string of the molecule is CCc1ccc(Oc2nc3ccccc3cc2CN)cc1. The van der Waals surface area contributed by atoms with Gasteiger partial charge >= 0.3 is 0 Å². The molecule has 106 valence electrons. The molecular weight excluding hydrogens is 260 g/mol. The molecule has 0 fully saturated rings. The van der Waals surface area contributed by atoms with Crippen LogP contribution >= 0.6 is 0 Å². The van der Waals surface area contributed by atoms with Crippen LogP contribution in [-0.4, -0.2) is 4.98 Å². The van der Waals surface area contributed by atoms with Crippen LogP contribution in [0.4, 0.5) is 0 Å². The topological polar surface area (TPSA) is 48.1 Å². The molecule has 0 saturated heterocycles. The van der Waals surface area contributed by atoms with Crippen molar-refractivity contribution < 1.29 is 4.74 Å². The molecule has 3 heteroatoms. The number of nitrogens with two attached hydrogens (primary N) is 1. The Morgan fingerprint density at radius 1 is 1.05 bits per heavy atom. The molecule has 1 heterocycles. The normalized spacial score (nSPS) is 10.8. The summed E-state index contributed by atoms with van der Waals surface area (Å²) in [5.74, 6) is 1.37. The monoisotopic (exact) mass is 278 g/mol. The number of aryl methyl sites for hydroxylation is 1. The van der Waals surface area contributed by atoms with Crippen molar-refractivity contribution in [3.05, 3.63) is 65.7 Å². The first-order chi connectivity index (χ1) is 10.3. The predicted octanol–water partition coefficient (Wildman–Crippen LogP) is 4.05. The molecular formula is C18H18N2O. The molecule has 0 unspecified atom stereocenters. The van der Waals surface area contributed by atoms with Crippen molar-refractivity contribution in [1.29, 1.82) is 0 Å². The third kappa shape index (κ3) is 2.88. The third-order valence-electron chi connectivity index (χ3n) is 3.53. The molecule has 2 N–H and O–H groups in total. The maximum atomic E-state index is 5.92. The first-order valence-corrected chi connectivity index (χ1v) is 7.15. The highest BCUT2D eigenvalue weighted by molar-refractivity contribution is 5.80. The fourth-order valence-electron chi connectivity index (χ4n) is 2.28. The number of rotatable bonds is 4. The summed E-state index contributed by atoms with van der Waals surface area (Å²) in [6.45, 7) is 2.54. The molecule has 3 nitrogen and oxygen atoms in total. The highest BCUT2D eigenvalue weighted by atomic mass is 16.5. The van der Waals surface area contributed by atoms with Gasteiger partial charge in [-0.1, -0.05) is 37.3 Å². The number of aromatic nitrogens is 1. The molecule has 0 amide bonds. The van der Waals surface area contributed by atoms with Crippen LogP contribution in [0.25, 0.3) is 10.9 Å². The number of hydrogen-bond donors (Lipinski definition) is 1. The second kappa shape index (κ2) is 5.94. The van der Waals surface area contributed by atoms with Crippen LogP contribution in [0.5, 0.6) is 11.6 Å². The van der Waals surface area contributed by atoms with Crippen LogP contribution in [0.1, 0.15) is 18.1 Å². The molecule has 3 rings (SSSR count). The van der Waals surface area contributed by atoms with Crippen molar-refractivity contribution in [3.63, 3.8) is 0 Å². The lowest BCUT2D eigenvalue weighted by Crippen LogP contribution is -2.01. The lowest BCUT2D eigenvalue weighted by molar-refractivity contribution is 0.458. The molecule has 21 heavy (non-hydrogen) atoms. The van der Waals surface area contributed by atoms with Crippen LogP contribution in [0.15, 0.2) is 54.6 Å². The Hall–Kier alpha value is -2.39. The fourth-order valence-corrected chi connectivity index (χ4v) is 2.28. The molecule has 0 aliphatic rings. The second-order valence-electron chi connectivity index (χ2n) is 4.95. The summed E-state index contributed by atoms with van der Waals surface area (Å²) >= 11 is 0. The summed E-state index contributed by atoms with van der Waals surface area (Å²) in [5, 5.41) is 1.08. The zero-order chi connectivity index (χ0) is 14.7. The van der Waals surface area contributed by atoms with Gasteiger partial charge in [0, 0.05) is 17.5 Å². The Labute approximate surface area is 124 Å². The zero-order valence-electron chi connectivity index (χ0n) is 12.0.